The molecular weight excluding hydrogens is 500 g/mol. The standard InChI is InChI=1S/C28H20N6S2.H2O/c1-3-9-21(10-4-1)27-23(19-33(31-27)25-13-7-15-35-25)17-29-30-18-24-20-34(26-14-8-16-36-26)32-28(24)22-11-5-2-6-12-22;/h1-20H;1H2. The molecule has 182 valence electrons. The zero-order valence-electron chi connectivity index (χ0n) is 19.5. The molecular formula is C28H22N6OS2. The third kappa shape index (κ3) is 5.24. The van der Waals surface area contributed by atoms with E-state index in [1.165, 1.54) is 0 Å². The lowest BCUT2D eigenvalue weighted by Crippen LogP contribution is -1.90. The van der Waals surface area contributed by atoms with E-state index in [4.69, 9.17) is 10.2 Å². The van der Waals surface area contributed by atoms with Crippen LogP contribution in [0.2, 0.25) is 0 Å². The summed E-state index contributed by atoms with van der Waals surface area (Å²) in [5, 5.41) is 24.6. The average Bonchev–Trinajstić information content (AvgIpc) is 3.74. The van der Waals surface area contributed by atoms with E-state index in [0.717, 1.165) is 43.6 Å². The highest BCUT2D eigenvalue weighted by Gasteiger charge is 2.13. The fourth-order valence-electron chi connectivity index (χ4n) is 3.82. The Bertz CT molecular complexity index is 1490. The molecule has 4 aromatic heterocycles. The predicted octanol–water partition coefficient (Wildman–Crippen LogP) is 6.14. The van der Waals surface area contributed by atoms with Crippen LogP contribution >= 0.6 is 22.7 Å². The summed E-state index contributed by atoms with van der Waals surface area (Å²) >= 11 is 3.27. The summed E-state index contributed by atoms with van der Waals surface area (Å²) in [5.41, 5.74) is 5.56. The summed E-state index contributed by atoms with van der Waals surface area (Å²) in [4.78, 5) is 0. The Morgan fingerprint density at radius 3 is 1.38 bits per heavy atom. The number of rotatable bonds is 7. The molecule has 0 radical (unpaired) electrons. The molecule has 6 aromatic rings. The van der Waals surface area contributed by atoms with Crippen LogP contribution in [-0.2, 0) is 0 Å². The van der Waals surface area contributed by atoms with Crippen LogP contribution in [0.5, 0.6) is 0 Å². The van der Waals surface area contributed by atoms with Gasteiger partial charge in [0.15, 0.2) is 0 Å². The van der Waals surface area contributed by atoms with Gasteiger partial charge in [-0.05, 0) is 35.0 Å². The second-order valence-electron chi connectivity index (χ2n) is 7.88. The Morgan fingerprint density at radius 2 is 1.00 bits per heavy atom. The molecule has 2 N–H and O–H groups in total. The molecule has 0 spiro atoms. The summed E-state index contributed by atoms with van der Waals surface area (Å²) in [6.45, 7) is 0. The van der Waals surface area contributed by atoms with Gasteiger partial charge in [0.05, 0.1) is 12.4 Å². The zero-order valence-corrected chi connectivity index (χ0v) is 21.2. The molecule has 0 unspecified atom stereocenters. The van der Waals surface area contributed by atoms with Crippen LogP contribution in [-0.4, -0.2) is 37.5 Å². The van der Waals surface area contributed by atoms with Gasteiger partial charge in [0.1, 0.15) is 21.4 Å². The third-order valence-corrected chi connectivity index (χ3v) is 7.22. The van der Waals surface area contributed by atoms with Gasteiger partial charge in [0.25, 0.3) is 0 Å². The minimum Gasteiger partial charge on any atom is -0.412 e. The van der Waals surface area contributed by atoms with E-state index in [0.29, 0.717) is 0 Å². The first-order chi connectivity index (χ1) is 17.8. The van der Waals surface area contributed by atoms with Gasteiger partial charge in [-0.15, -0.1) is 22.7 Å². The van der Waals surface area contributed by atoms with Crippen LogP contribution < -0.4 is 0 Å². The molecule has 0 amide bonds. The highest BCUT2D eigenvalue weighted by atomic mass is 32.1. The molecule has 6 rings (SSSR count). The van der Waals surface area contributed by atoms with E-state index in [-0.39, 0.29) is 5.48 Å². The quantitative estimate of drug-likeness (QED) is 0.186. The highest BCUT2D eigenvalue weighted by Crippen LogP contribution is 2.25. The predicted molar refractivity (Wildman–Crippen MR) is 153 cm³/mol. The zero-order chi connectivity index (χ0) is 24.2. The van der Waals surface area contributed by atoms with E-state index in [9.17, 15) is 0 Å². The fraction of sp³-hybridized carbons (Fsp3) is 0. The van der Waals surface area contributed by atoms with E-state index in [1.54, 1.807) is 35.1 Å². The molecule has 2 aromatic carbocycles. The van der Waals surface area contributed by atoms with Crippen molar-refractivity contribution in [3.05, 3.63) is 119 Å². The van der Waals surface area contributed by atoms with Gasteiger partial charge in [0.2, 0.25) is 0 Å². The maximum absolute atomic E-state index is 4.82. The van der Waals surface area contributed by atoms with Crippen molar-refractivity contribution in [3.63, 3.8) is 0 Å². The molecule has 0 bridgehead atoms. The average molecular weight is 523 g/mol. The van der Waals surface area contributed by atoms with Gasteiger partial charge >= 0.3 is 0 Å². The molecule has 4 heterocycles. The number of aromatic nitrogens is 4. The van der Waals surface area contributed by atoms with Crippen LogP contribution in [0.25, 0.3) is 32.5 Å². The second-order valence-corrected chi connectivity index (χ2v) is 9.73. The van der Waals surface area contributed by atoms with E-state index < -0.39 is 0 Å². The maximum Gasteiger partial charge on any atom is 0.117 e. The molecule has 9 heteroatoms. The van der Waals surface area contributed by atoms with E-state index in [1.807, 2.05) is 117 Å². The van der Waals surface area contributed by atoms with Crippen molar-refractivity contribution in [2.45, 2.75) is 0 Å². The lowest BCUT2D eigenvalue weighted by molar-refractivity contribution is 0.824. The van der Waals surface area contributed by atoms with Gasteiger partial charge in [-0.3, -0.25) is 0 Å². The summed E-state index contributed by atoms with van der Waals surface area (Å²) < 4.78 is 3.77. The summed E-state index contributed by atoms with van der Waals surface area (Å²) in [6, 6.07) is 28.3. The number of benzene rings is 2. The van der Waals surface area contributed by atoms with Crippen molar-refractivity contribution < 1.29 is 5.48 Å². The monoisotopic (exact) mass is 522 g/mol. The van der Waals surface area contributed by atoms with Gasteiger partial charge in [0, 0.05) is 34.6 Å². The Hall–Kier alpha value is -4.44. The van der Waals surface area contributed by atoms with Crippen molar-refractivity contribution in [3.8, 4) is 32.5 Å². The van der Waals surface area contributed by atoms with E-state index in [2.05, 4.69) is 10.2 Å². The number of thiophene rings is 2. The normalized spacial score (nSPS) is 11.4. The molecule has 0 fully saturated rings. The van der Waals surface area contributed by atoms with Crippen molar-refractivity contribution >= 4 is 35.1 Å². The molecule has 0 saturated carbocycles. The molecule has 0 aliphatic rings. The number of hydrogen-bond acceptors (Lipinski definition) is 6. The number of nitrogens with zero attached hydrogens (tertiary/aromatic N) is 6. The highest BCUT2D eigenvalue weighted by molar-refractivity contribution is 7.12. The smallest absolute Gasteiger partial charge is 0.117 e. The molecule has 7 nitrogen and oxygen atoms in total. The maximum atomic E-state index is 4.82. The van der Waals surface area contributed by atoms with Crippen molar-refractivity contribution in [1.29, 1.82) is 0 Å². The Balaban J connectivity index is 0.00000280. The molecule has 0 aliphatic heterocycles. The van der Waals surface area contributed by atoms with Crippen LogP contribution in [0.3, 0.4) is 0 Å². The lowest BCUT2D eigenvalue weighted by atomic mass is 10.1. The first-order valence-corrected chi connectivity index (χ1v) is 13.1. The summed E-state index contributed by atoms with van der Waals surface area (Å²) in [7, 11) is 0. The molecule has 37 heavy (non-hydrogen) atoms. The van der Waals surface area contributed by atoms with Gasteiger partial charge < -0.3 is 5.48 Å². The third-order valence-electron chi connectivity index (χ3n) is 5.50. The Morgan fingerprint density at radius 1 is 0.568 bits per heavy atom. The SMILES string of the molecule is C(=NN=Cc1cn(-c2cccs2)nc1-c1ccccc1)c1cn(-c2cccs2)nc1-c1ccccc1.O. The fourth-order valence-corrected chi connectivity index (χ4v) is 5.13. The largest absolute Gasteiger partial charge is 0.412 e. The molecule has 0 aliphatic carbocycles. The van der Waals surface area contributed by atoms with Crippen molar-refractivity contribution in [2.24, 2.45) is 10.2 Å². The summed E-state index contributed by atoms with van der Waals surface area (Å²) in [6.07, 6.45) is 7.47. The van der Waals surface area contributed by atoms with Gasteiger partial charge in [-0.25, -0.2) is 9.36 Å². The first-order valence-electron chi connectivity index (χ1n) is 11.3. The minimum atomic E-state index is 0. The minimum absolute atomic E-state index is 0. The van der Waals surface area contributed by atoms with Crippen LogP contribution in [0.15, 0.2) is 118 Å². The first kappa shape index (κ1) is 24.3. The van der Waals surface area contributed by atoms with Crippen LogP contribution in [0, 0.1) is 0 Å². The van der Waals surface area contributed by atoms with Crippen molar-refractivity contribution in [2.75, 3.05) is 0 Å². The van der Waals surface area contributed by atoms with Crippen LogP contribution in [0.4, 0.5) is 0 Å². The van der Waals surface area contributed by atoms with E-state index >= 15 is 0 Å². The molecule has 0 saturated heterocycles. The molecule has 0 atom stereocenters. The second kappa shape index (κ2) is 11.1. The Kier molecular flexibility index (Phi) is 7.27. The summed E-state index contributed by atoms with van der Waals surface area (Å²) in [5.74, 6) is 0. The Labute approximate surface area is 221 Å². The van der Waals surface area contributed by atoms with Gasteiger partial charge in [-0.2, -0.15) is 20.4 Å². The topological polar surface area (TPSA) is 91.9 Å². The van der Waals surface area contributed by atoms with Crippen LogP contribution in [0.1, 0.15) is 11.1 Å². The van der Waals surface area contributed by atoms with Crippen molar-refractivity contribution in [1.82, 2.24) is 19.6 Å². The van der Waals surface area contributed by atoms with Gasteiger partial charge in [-0.1, -0.05) is 60.7 Å². The lowest BCUT2D eigenvalue weighted by Gasteiger charge is -1.98. The number of hydrogen-bond donors (Lipinski definition) is 0.